The number of halogens is 3. The van der Waals surface area contributed by atoms with Crippen LogP contribution in [0.5, 0.6) is 0 Å². The molecule has 0 atom stereocenters. The lowest BCUT2D eigenvalue weighted by molar-refractivity contribution is -0.137. The largest absolute Gasteiger partial charge is 0.465 e. The van der Waals surface area contributed by atoms with Crippen molar-refractivity contribution in [3.8, 4) is 11.8 Å². The van der Waals surface area contributed by atoms with Gasteiger partial charge in [0.25, 0.3) is 0 Å². The molecule has 0 aromatic carbocycles. The van der Waals surface area contributed by atoms with Gasteiger partial charge in [0.05, 0.1) is 5.56 Å². The second-order valence-corrected chi connectivity index (χ2v) is 5.84. The van der Waals surface area contributed by atoms with Gasteiger partial charge in [0, 0.05) is 44.1 Å². The van der Waals surface area contributed by atoms with Gasteiger partial charge in [-0.05, 0) is 30.2 Å². The summed E-state index contributed by atoms with van der Waals surface area (Å²) >= 11 is 0. The predicted octanol–water partition coefficient (Wildman–Crippen LogP) is 2.70. The van der Waals surface area contributed by atoms with Crippen LogP contribution in [0, 0.1) is 11.8 Å². The standard InChI is InChI=1S/C18H15F3N4O2/c19-18(20,21)14-3-5-15(22-12-14)4-1-13-2-6-16(23-11-13)24-7-9-25(10-8-24)17(26)27/h2-3,5-6,11-12H,7-10H2,(H,26,27). The van der Waals surface area contributed by atoms with Crippen molar-refractivity contribution in [2.24, 2.45) is 0 Å². The van der Waals surface area contributed by atoms with Crippen LogP contribution >= 0.6 is 0 Å². The van der Waals surface area contributed by atoms with Gasteiger partial charge in [0.2, 0.25) is 0 Å². The van der Waals surface area contributed by atoms with Gasteiger partial charge in [-0.2, -0.15) is 13.2 Å². The zero-order valence-corrected chi connectivity index (χ0v) is 14.1. The molecule has 1 aliphatic rings. The number of carboxylic acid groups (broad SMARTS) is 1. The first-order valence-electron chi connectivity index (χ1n) is 8.07. The van der Waals surface area contributed by atoms with E-state index in [9.17, 15) is 18.0 Å². The number of aromatic nitrogens is 2. The van der Waals surface area contributed by atoms with Crippen molar-refractivity contribution in [1.82, 2.24) is 14.9 Å². The summed E-state index contributed by atoms with van der Waals surface area (Å²) in [6.07, 6.45) is -3.03. The van der Waals surface area contributed by atoms with E-state index in [0.29, 0.717) is 31.7 Å². The predicted molar refractivity (Wildman–Crippen MR) is 91.3 cm³/mol. The number of carbonyl (C=O) groups is 1. The fraction of sp³-hybridized carbons (Fsp3) is 0.278. The number of hydrogen-bond donors (Lipinski definition) is 1. The maximum absolute atomic E-state index is 12.5. The number of amides is 1. The van der Waals surface area contributed by atoms with E-state index in [4.69, 9.17) is 5.11 Å². The molecule has 3 heterocycles. The molecule has 2 aromatic rings. The molecule has 27 heavy (non-hydrogen) atoms. The Hall–Kier alpha value is -3.28. The molecule has 140 valence electrons. The molecule has 1 saturated heterocycles. The molecule has 0 bridgehead atoms. The highest BCUT2D eigenvalue weighted by molar-refractivity contribution is 5.65. The van der Waals surface area contributed by atoms with Crippen molar-refractivity contribution in [2.75, 3.05) is 31.1 Å². The summed E-state index contributed by atoms with van der Waals surface area (Å²) in [6, 6.07) is 5.69. The first kappa shape index (κ1) is 18.5. The van der Waals surface area contributed by atoms with Crippen molar-refractivity contribution < 1.29 is 23.1 Å². The number of anilines is 1. The first-order valence-corrected chi connectivity index (χ1v) is 8.07. The Balaban J connectivity index is 1.63. The van der Waals surface area contributed by atoms with E-state index >= 15 is 0 Å². The summed E-state index contributed by atoms with van der Waals surface area (Å²) in [5.74, 6) is 6.23. The van der Waals surface area contributed by atoms with E-state index in [-0.39, 0.29) is 5.69 Å². The van der Waals surface area contributed by atoms with Gasteiger partial charge >= 0.3 is 12.3 Å². The van der Waals surface area contributed by atoms with Crippen LogP contribution in [0.1, 0.15) is 16.8 Å². The zero-order chi connectivity index (χ0) is 19.4. The Labute approximate surface area is 153 Å². The molecule has 1 aliphatic heterocycles. The molecular formula is C18H15F3N4O2. The summed E-state index contributed by atoms with van der Waals surface area (Å²) in [5, 5.41) is 8.96. The molecule has 2 aromatic heterocycles. The number of alkyl halides is 3. The lowest BCUT2D eigenvalue weighted by atomic mass is 10.2. The first-order chi connectivity index (χ1) is 12.8. The van der Waals surface area contributed by atoms with Crippen molar-refractivity contribution in [3.63, 3.8) is 0 Å². The molecule has 1 amide bonds. The minimum absolute atomic E-state index is 0.233. The zero-order valence-electron chi connectivity index (χ0n) is 14.1. The van der Waals surface area contributed by atoms with E-state index in [1.54, 1.807) is 18.3 Å². The maximum atomic E-state index is 12.5. The number of piperazine rings is 1. The molecule has 0 radical (unpaired) electrons. The molecule has 3 rings (SSSR count). The van der Waals surface area contributed by atoms with E-state index < -0.39 is 17.8 Å². The molecule has 0 aliphatic carbocycles. The Morgan fingerprint density at radius 2 is 1.74 bits per heavy atom. The highest BCUT2D eigenvalue weighted by atomic mass is 19.4. The summed E-state index contributed by atoms with van der Waals surface area (Å²) in [7, 11) is 0. The second-order valence-electron chi connectivity index (χ2n) is 5.84. The summed E-state index contributed by atoms with van der Waals surface area (Å²) in [6.45, 7) is 1.94. The van der Waals surface area contributed by atoms with Gasteiger partial charge in [-0.1, -0.05) is 5.92 Å². The van der Waals surface area contributed by atoms with Gasteiger partial charge in [-0.3, -0.25) is 0 Å². The summed E-state index contributed by atoms with van der Waals surface area (Å²) < 4.78 is 37.5. The normalized spacial score (nSPS) is 14.5. The van der Waals surface area contributed by atoms with E-state index in [2.05, 4.69) is 21.8 Å². The van der Waals surface area contributed by atoms with Gasteiger partial charge in [0.15, 0.2) is 0 Å². The molecule has 0 spiro atoms. The van der Waals surface area contributed by atoms with E-state index in [1.807, 2.05) is 4.90 Å². The van der Waals surface area contributed by atoms with Crippen LogP contribution < -0.4 is 4.90 Å². The molecule has 1 N–H and O–H groups in total. The monoisotopic (exact) mass is 376 g/mol. The number of hydrogen-bond acceptors (Lipinski definition) is 4. The molecule has 0 unspecified atom stereocenters. The van der Waals surface area contributed by atoms with Gasteiger partial charge in [-0.15, -0.1) is 0 Å². The summed E-state index contributed by atoms with van der Waals surface area (Å²) in [4.78, 5) is 22.3. The Bertz CT molecular complexity index is 863. The highest BCUT2D eigenvalue weighted by Crippen LogP contribution is 2.28. The van der Waals surface area contributed by atoms with Crippen LogP contribution in [0.2, 0.25) is 0 Å². The minimum atomic E-state index is -4.42. The average Bonchev–Trinajstić information content (AvgIpc) is 2.66. The Morgan fingerprint density at radius 3 is 2.26 bits per heavy atom. The topological polar surface area (TPSA) is 69.6 Å². The van der Waals surface area contributed by atoms with Crippen LogP contribution in [-0.2, 0) is 6.18 Å². The molecule has 1 fully saturated rings. The number of rotatable bonds is 1. The average molecular weight is 376 g/mol. The summed E-state index contributed by atoms with van der Waals surface area (Å²) in [5.41, 5.74) is 0.0172. The fourth-order valence-corrected chi connectivity index (χ4v) is 2.55. The third kappa shape index (κ3) is 4.67. The molecule has 9 heteroatoms. The number of nitrogens with zero attached hydrogens (tertiary/aromatic N) is 4. The van der Waals surface area contributed by atoms with Crippen molar-refractivity contribution in [3.05, 3.63) is 53.5 Å². The Kier molecular flexibility index (Phi) is 5.16. The molecule has 6 nitrogen and oxygen atoms in total. The second kappa shape index (κ2) is 7.53. The minimum Gasteiger partial charge on any atom is -0.465 e. The maximum Gasteiger partial charge on any atom is 0.417 e. The van der Waals surface area contributed by atoms with Gasteiger partial charge in [-0.25, -0.2) is 14.8 Å². The van der Waals surface area contributed by atoms with Crippen LogP contribution in [0.15, 0.2) is 36.7 Å². The van der Waals surface area contributed by atoms with Crippen molar-refractivity contribution in [2.45, 2.75) is 6.18 Å². The van der Waals surface area contributed by atoms with Gasteiger partial charge < -0.3 is 14.9 Å². The van der Waals surface area contributed by atoms with Crippen LogP contribution in [0.4, 0.5) is 23.8 Å². The fourth-order valence-electron chi connectivity index (χ4n) is 2.55. The quantitative estimate of drug-likeness (QED) is 0.775. The SMILES string of the molecule is O=C(O)N1CCN(c2ccc(C#Cc3ccc(C(F)(F)F)cn3)cn2)CC1. The molecular weight excluding hydrogens is 361 g/mol. The van der Waals surface area contributed by atoms with Crippen LogP contribution in [0.25, 0.3) is 0 Å². The van der Waals surface area contributed by atoms with Crippen molar-refractivity contribution >= 4 is 11.9 Å². The van der Waals surface area contributed by atoms with Gasteiger partial charge in [0.1, 0.15) is 11.5 Å². The third-order valence-corrected chi connectivity index (χ3v) is 4.05. The Morgan fingerprint density at radius 1 is 1.00 bits per heavy atom. The van der Waals surface area contributed by atoms with Crippen LogP contribution in [0.3, 0.4) is 0 Å². The smallest absolute Gasteiger partial charge is 0.417 e. The van der Waals surface area contributed by atoms with Crippen molar-refractivity contribution in [1.29, 1.82) is 0 Å². The lowest BCUT2D eigenvalue weighted by Crippen LogP contribution is -2.48. The molecule has 0 saturated carbocycles. The highest BCUT2D eigenvalue weighted by Gasteiger charge is 2.30. The van der Waals surface area contributed by atoms with E-state index in [0.717, 1.165) is 18.1 Å². The van der Waals surface area contributed by atoms with E-state index in [1.165, 1.54) is 11.0 Å². The van der Waals surface area contributed by atoms with Crippen LogP contribution in [-0.4, -0.2) is 52.2 Å². The number of pyridine rings is 2. The third-order valence-electron chi connectivity index (χ3n) is 4.05. The lowest BCUT2D eigenvalue weighted by Gasteiger charge is -2.33.